The van der Waals surface area contributed by atoms with E-state index >= 15 is 0 Å². The number of esters is 1. The lowest BCUT2D eigenvalue weighted by atomic mass is 10.1. The highest BCUT2D eigenvalue weighted by atomic mass is 16.5. The number of ether oxygens (including phenoxy) is 1. The van der Waals surface area contributed by atoms with Crippen LogP contribution in [0.5, 0.6) is 5.75 Å². The van der Waals surface area contributed by atoms with E-state index in [2.05, 4.69) is 5.32 Å². The number of anilines is 2. The average Bonchev–Trinajstić information content (AvgIpc) is 2.76. The van der Waals surface area contributed by atoms with Gasteiger partial charge in [0, 0.05) is 12.5 Å². The number of para-hydroxylation sites is 3. The number of hydrogen-bond acceptors (Lipinski definition) is 5. The van der Waals surface area contributed by atoms with Crippen LogP contribution in [0.4, 0.5) is 11.4 Å². The number of aromatic hydroxyl groups is 1. The molecule has 0 radical (unpaired) electrons. The van der Waals surface area contributed by atoms with Gasteiger partial charge in [-0.25, -0.2) is 4.79 Å². The molecule has 1 atom stereocenters. The van der Waals surface area contributed by atoms with E-state index in [-0.39, 0.29) is 23.6 Å². The Morgan fingerprint density at radius 1 is 1.22 bits per heavy atom. The normalized spacial score (nSPS) is 16.1. The molecule has 1 unspecified atom stereocenters. The molecule has 7 heteroatoms. The molecule has 1 heterocycles. The van der Waals surface area contributed by atoms with E-state index in [1.54, 1.807) is 50.2 Å². The zero-order chi connectivity index (χ0) is 19.6. The largest absolute Gasteiger partial charge is 0.507 e. The van der Waals surface area contributed by atoms with Crippen molar-refractivity contribution < 1.29 is 24.2 Å². The monoisotopic (exact) mass is 368 g/mol. The summed E-state index contributed by atoms with van der Waals surface area (Å²) in [6.07, 6.45) is 0.132. The molecule has 0 bridgehead atoms. The summed E-state index contributed by atoms with van der Waals surface area (Å²) in [5.41, 5.74) is 1.62. The number of rotatable bonds is 3. The lowest BCUT2D eigenvalue weighted by Crippen LogP contribution is -2.41. The Kier molecular flexibility index (Phi) is 5.12. The van der Waals surface area contributed by atoms with Gasteiger partial charge >= 0.3 is 5.97 Å². The molecule has 0 aromatic heterocycles. The first-order valence-electron chi connectivity index (χ1n) is 8.55. The molecule has 1 aliphatic heterocycles. The maximum atomic E-state index is 12.8. The molecule has 1 aliphatic rings. The zero-order valence-corrected chi connectivity index (χ0v) is 15.1. The van der Waals surface area contributed by atoms with Crippen molar-refractivity contribution in [3.63, 3.8) is 0 Å². The number of nitrogens with one attached hydrogen (secondary N) is 1. The van der Waals surface area contributed by atoms with Crippen LogP contribution in [0.15, 0.2) is 42.5 Å². The van der Waals surface area contributed by atoms with Crippen LogP contribution in [0, 0.1) is 6.92 Å². The Bertz CT molecular complexity index is 909. The van der Waals surface area contributed by atoms with Crippen LogP contribution in [0.2, 0.25) is 0 Å². The van der Waals surface area contributed by atoms with Gasteiger partial charge in [-0.3, -0.25) is 9.59 Å². The molecular formula is C20H20N2O5. The number of phenols is 1. The van der Waals surface area contributed by atoms with Crippen molar-refractivity contribution in [1.82, 2.24) is 0 Å². The van der Waals surface area contributed by atoms with Gasteiger partial charge in [-0.1, -0.05) is 24.3 Å². The third-order valence-corrected chi connectivity index (χ3v) is 4.41. The van der Waals surface area contributed by atoms with Gasteiger partial charge in [-0.2, -0.15) is 0 Å². The lowest BCUT2D eigenvalue weighted by Gasteiger charge is -2.27. The average molecular weight is 368 g/mol. The number of hydrogen-bond donors (Lipinski definition) is 2. The summed E-state index contributed by atoms with van der Waals surface area (Å²) in [7, 11) is 0. The number of phenolic OH excluding ortho intramolecular Hbond substituents is 1. The third kappa shape index (κ3) is 3.76. The molecule has 2 aromatic carbocycles. The number of benzene rings is 2. The Balaban J connectivity index is 1.78. The Morgan fingerprint density at radius 2 is 1.96 bits per heavy atom. The fraction of sp³-hybridized carbons (Fsp3) is 0.250. The maximum absolute atomic E-state index is 12.8. The number of aryl methyl sites for hydroxylation is 1. The second kappa shape index (κ2) is 7.49. The molecule has 2 amide bonds. The van der Waals surface area contributed by atoms with Gasteiger partial charge in [-0.05, 0) is 37.6 Å². The van der Waals surface area contributed by atoms with Crippen molar-refractivity contribution in [2.45, 2.75) is 26.3 Å². The zero-order valence-electron chi connectivity index (χ0n) is 15.1. The fourth-order valence-corrected chi connectivity index (χ4v) is 3.07. The van der Waals surface area contributed by atoms with Crippen LogP contribution in [0.3, 0.4) is 0 Å². The van der Waals surface area contributed by atoms with Crippen molar-refractivity contribution in [3.05, 3.63) is 53.6 Å². The minimum absolute atomic E-state index is 0.00367. The molecule has 2 aromatic rings. The first-order chi connectivity index (χ1) is 12.9. The van der Waals surface area contributed by atoms with Crippen LogP contribution < -0.4 is 10.2 Å². The molecule has 0 aliphatic carbocycles. The van der Waals surface area contributed by atoms with Crippen molar-refractivity contribution in [2.75, 3.05) is 16.8 Å². The van der Waals surface area contributed by atoms with Gasteiger partial charge in [-0.15, -0.1) is 0 Å². The summed E-state index contributed by atoms with van der Waals surface area (Å²) in [5.74, 6) is -1.59. The highest BCUT2D eigenvalue weighted by Crippen LogP contribution is 2.31. The van der Waals surface area contributed by atoms with E-state index in [0.717, 1.165) is 0 Å². The number of carbonyl (C=O) groups excluding carboxylic acids is 3. The standard InChI is InChI=1S/C20H20N2O5/c1-12-6-5-7-14(19(12)25)20(26)27-11-18(24)22-13(2)10-17(23)21-15-8-3-4-9-16(15)22/h3-9,13,25H,10-11H2,1-2H3,(H,21,23). The molecule has 140 valence electrons. The van der Waals surface area contributed by atoms with Gasteiger partial charge in [0.1, 0.15) is 11.3 Å². The van der Waals surface area contributed by atoms with Crippen molar-refractivity contribution in [1.29, 1.82) is 0 Å². The predicted molar refractivity (Wildman–Crippen MR) is 99.8 cm³/mol. The number of amides is 2. The molecule has 3 rings (SSSR count). The van der Waals surface area contributed by atoms with Crippen LogP contribution in [-0.4, -0.2) is 35.5 Å². The van der Waals surface area contributed by atoms with Gasteiger partial charge in [0.15, 0.2) is 6.61 Å². The van der Waals surface area contributed by atoms with E-state index in [1.807, 2.05) is 0 Å². The summed E-state index contributed by atoms with van der Waals surface area (Å²) >= 11 is 0. The van der Waals surface area contributed by atoms with Gasteiger partial charge in [0.25, 0.3) is 5.91 Å². The van der Waals surface area contributed by atoms with E-state index in [4.69, 9.17) is 4.74 Å². The Hall–Kier alpha value is -3.35. The van der Waals surface area contributed by atoms with E-state index < -0.39 is 24.5 Å². The maximum Gasteiger partial charge on any atom is 0.342 e. The quantitative estimate of drug-likeness (QED) is 0.812. The smallest absolute Gasteiger partial charge is 0.342 e. The fourth-order valence-electron chi connectivity index (χ4n) is 3.07. The lowest BCUT2D eigenvalue weighted by molar-refractivity contribution is -0.122. The minimum atomic E-state index is -0.783. The van der Waals surface area contributed by atoms with Gasteiger partial charge in [0.05, 0.1) is 11.4 Å². The van der Waals surface area contributed by atoms with Gasteiger partial charge in [0.2, 0.25) is 5.91 Å². The Morgan fingerprint density at radius 3 is 2.74 bits per heavy atom. The molecule has 0 fully saturated rings. The molecule has 2 N–H and O–H groups in total. The van der Waals surface area contributed by atoms with Gasteiger partial charge < -0.3 is 20.1 Å². The Labute approximate surface area is 156 Å². The number of nitrogens with zero attached hydrogens (tertiary/aromatic N) is 1. The molecular weight excluding hydrogens is 348 g/mol. The van der Waals surface area contributed by atoms with Crippen LogP contribution in [0.1, 0.15) is 29.3 Å². The van der Waals surface area contributed by atoms with Crippen molar-refractivity contribution in [3.8, 4) is 5.75 Å². The molecule has 7 nitrogen and oxygen atoms in total. The molecule has 0 saturated heterocycles. The second-order valence-electron chi connectivity index (χ2n) is 6.43. The van der Waals surface area contributed by atoms with Crippen LogP contribution in [-0.2, 0) is 14.3 Å². The first-order valence-corrected chi connectivity index (χ1v) is 8.55. The predicted octanol–water partition coefficient (Wildman–Crippen LogP) is 2.62. The number of carbonyl (C=O) groups is 3. The minimum Gasteiger partial charge on any atom is -0.507 e. The second-order valence-corrected chi connectivity index (χ2v) is 6.43. The summed E-state index contributed by atoms with van der Waals surface area (Å²) < 4.78 is 5.11. The summed E-state index contributed by atoms with van der Waals surface area (Å²) in [6.45, 7) is 2.92. The van der Waals surface area contributed by atoms with E-state index in [0.29, 0.717) is 16.9 Å². The first kappa shape index (κ1) is 18.4. The van der Waals surface area contributed by atoms with Crippen molar-refractivity contribution >= 4 is 29.2 Å². The highest BCUT2D eigenvalue weighted by Gasteiger charge is 2.30. The van der Waals surface area contributed by atoms with Crippen LogP contribution >= 0.6 is 0 Å². The van der Waals surface area contributed by atoms with E-state index in [1.165, 1.54) is 11.0 Å². The summed E-state index contributed by atoms with van der Waals surface area (Å²) in [5, 5.41) is 12.7. The van der Waals surface area contributed by atoms with Crippen LogP contribution in [0.25, 0.3) is 0 Å². The third-order valence-electron chi connectivity index (χ3n) is 4.41. The summed E-state index contributed by atoms with van der Waals surface area (Å²) in [4.78, 5) is 38.4. The molecule has 0 spiro atoms. The number of fused-ring (bicyclic) bond motifs is 1. The topological polar surface area (TPSA) is 95.9 Å². The van der Waals surface area contributed by atoms with E-state index in [9.17, 15) is 19.5 Å². The van der Waals surface area contributed by atoms with Crippen molar-refractivity contribution in [2.24, 2.45) is 0 Å². The summed E-state index contributed by atoms with van der Waals surface area (Å²) in [6, 6.07) is 11.3. The highest BCUT2D eigenvalue weighted by molar-refractivity contribution is 6.05. The SMILES string of the molecule is Cc1cccc(C(=O)OCC(=O)N2c3ccccc3NC(=O)CC2C)c1O. The molecule has 27 heavy (non-hydrogen) atoms. The molecule has 0 saturated carbocycles.